The summed E-state index contributed by atoms with van der Waals surface area (Å²) in [6.45, 7) is 3.51. The van der Waals surface area contributed by atoms with Gasteiger partial charge in [-0.05, 0) is 49.9 Å². The Balaban J connectivity index is 0.00000220. The Morgan fingerprint density at radius 1 is 1.48 bits per heavy atom. The lowest BCUT2D eigenvalue weighted by atomic mass is 10.0. The summed E-state index contributed by atoms with van der Waals surface area (Å²) in [5, 5.41) is 0. The van der Waals surface area contributed by atoms with Gasteiger partial charge in [0.05, 0.1) is 5.75 Å². The molecule has 1 aliphatic heterocycles. The summed E-state index contributed by atoms with van der Waals surface area (Å²) in [7, 11) is 0. The predicted octanol–water partition coefficient (Wildman–Crippen LogP) is 3.61. The average molecular weight is 394 g/mol. The highest BCUT2D eigenvalue weighted by atomic mass is 79.9. The molecule has 0 bridgehead atoms. The standard InChI is InChI=1S/C15H21BrN2OS.ClH/c1-11-8-12(16)5-6-14(11)20-10-15(19)18-7-3-2-4-13(18)9-17;/h5-6,8,13H,2-4,7,9-10,17H2,1H3;1H. The van der Waals surface area contributed by atoms with Crippen LogP contribution in [0.2, 0.25) is 0 Å². The number of thioether (sulfide) groups is 1. The number of rotatable bonds is 4. The van der Waals surface area contributed by atoms with Crippen molar-refractivity contribution in [2.45, 2.75) is 37.1 Å². The fourth-order valence-corrected chi connectivity index (χ4v) is 3.94. The van der Waals surface area contributed by atoms with Crippen LogP contribution in [0.1, 0.15) is 24.8 Å². The molecule has 0 aliphatic carbocycles. The molecule has 3 nitrogen and oxygen atoms in total. The summed E-state index contributed by atoms with van der Waals surface area (Å²) in [6, 6.07) is 6.40. The molecule has 1 aliphatic rings. The highest BCUT2D eigenvalue weighted by Crippen LogP contribution is 2.26. The van der Waals surface area contributed by atoms with Crippen LogP contribution in [-0.4, -0.2) is 35.7 Å². The molecule has 1 unspecified atom stereocenters. The third-order valence-corrected chi connectivity index (χ3v) is 5.36. The van der Waals surface area contributed by atoms with Gasteiger partial charge in [0.25, 0.3) is 0 Å². The first-order valence-electron chi connectivity index (χ1n) is 7.00. The molecule has 2 rings (SSSR count). The molecule has 0 aromatic heterocycles. The van der Waals surface area contributed by atoms with E-state index in [2.05, 4.69) is 35.0 Å². The van der Waals surface area contributed by atoms with Crippen molar-refractivity contribution in [3.05, 3.63) is 28.2 Å². The second kappa shape index (κ2) is 9.03. The van der Waals surface area contributed by atoms with Crippen molar-refractivity contribution in [3.8, 4) is 0 Å². The molecule has 1 aromatic rings. The van der Waals surface area contributed by atoms with Crippen molar-refractivity contribution in [1.29, 1.82) is 0 Å². The number of nitrogens with zero attached hydrogens (tertiary/aromatic N) is 1. The van der Waals surface area contributed by atoms with Crippen LogP contribution in [0.5, 0.6) is 0 Å². The van der Waals surface area contributed by atoms with Gasteiger partial charge in [-0.15, -0.1) is 24.2 Å². The van der Waals surface area contributed by atoms with Crippen molar-refractivity contribution >= 4 is 46.0 Å². The lowest BCUT2D eigenvalue weighted by molar-refractivity contribution is -0.131. The Hall–Kier alpha value is -0.230. The van der Waals surface area contributed by atoms with Gasteiger partial charge in [0.15, 0.2) is 0 Å². The minimum atomic E-state index is 0. The van der Waals surface area contributed by atoms with Crippen LogP contribution in [-0.2, 0) is 4.79 Å². The van der Waals surface area contributed by atoms with E-state index < -0.39 is 0 Å². The van der Waals surface area contributed by atoms with Crippen molar-refractivity contribution in [3.63, 3.8) is 0 Å². The maximum Gasteiger partial charge on any atom is 0.233 e. The highest BCUT2D eigenvalue weighted by Gasteiger charge is 2.25. The van der Waals surface area contributed by atoms with Crippen LogP contribution >= 0.6 is 40.1 Å². The second-order valence-corrected chi connectivity index (χ2v) is 7.10. The van der Waals surface area contributed by atoms with E-state index in [0.29, 0.717) is 12.3 Å². The van der Waals surface area contributed by atoms with Crippen LogP contribution in [0, 0.1) is 6.92 Å². The third kappa shape index (κ3) is 5.16. The summed E-state index contributed by atoms with van der Waals surface area (Å²) in [5.41, 5.74) is 6.97. The van der Waals surface area contributed by atoms with Crippen LogP contribution in [0.15, 0.2) is 27.6 Å². The molecule has 2 N–H and O–H groups in total. The summed E-state index contributed by atoms with van der Waals surface area (Å²) in [6.07, 6.45) is 3.33. The maximum absolute atomic E-state index is 12.4. The molecule has 1 atom stereocenters. The monoisotopic (exact) mass is 392 g/mol. The number of hydrogen-bond donors (Lipinski definition) is 1. The second-order valence-electron chi connectivity index (χ2n) is 5.17. The SMILES string of the molecule is Cc1cc(Br)ccc1SCC(=O)N1CCCCC1CN.Cl. The van der Waals surface area contributed by atoms with Crippen molar-refractivity contribution < 1.29 is 4.79 Å². The van der Waals surface area contributed by atoms with Crippen molar-refractivity contribution in [1.82, 2.24) is 4.90 Å². The Morgan fingerprint density at radius 2 is 2.24 bits per heavy atom. The topological polar surface area (TPSA) is 46.3 Å². The van der Waals surface area contributed by atoms with E-state index in [0.717, 1.165) is 23.9 Å². The van der Waals surface area contributed by atoms with E-state index in [-0.39, 0.29) is 24.4 Å². The minimum Gasteiger partial charge on any atom is -0.338 e. The molecule has 1 fully saturated rings. The molecule has 1 aromatic carbocycles. The van der Waals surface area contributed by atoms with Gasteiger partial charge in [-0.1, -0.05) is 15.9 Å². The van der Waals surface area contributed by atoms with Crippen molar-refractivity contribution in [2.75, 3.05) is 18.8 Å². The number of nitrogens with two attached hydrogens (primary N) is 1. The number of piperidine rings is 1. The summed E-state index contributed by atoms with van der Waals surface area (Å²) in [4.78, 5) is 15.5. The lowest BCUT2D eigenvalue weighted by Crippen LogP contribution is -2.48. The number of halogens is 2. The molecule has 0 radical (unpaired) electrons. The van der Waals surface area contributed by atoms with Gasteiger partial charge < -0.3 is 10.6 Å². The van der Waals surface area contributed by atoms with Gasteiger partial charge in [0.2, 0.25) is 5.91 Å². The highest BCUT2D eigenvalue weighted by molar-refractivity contribution is 9.10. The molecule has 21 heavy (non-hydrogen) atoms. The number of likely N-dealkylation sites (tertiary alicyclic amines) is 1. The Labute approximate surface area is 145 Å². The van der Waals surface area contributed by atoms with E-state index >= 15 is 0 Å². The van der Waals surface area contributed by atoms with E-state index in [1.807, 2.05) is 11.0 Å². The number of aryl methyl sites for hydroxylation is 1. The van der Waals surface area contributed by atoms with Gasteiger partial charge in [0, 0.05) is 28.5 Å². The molecular formula is C15H22BrClN2OS. The first-order chi connectivity index (χ1) is 9.61. The number of carbonyl (C=O) groups is 1. The maximum atomic E-state index is 12.4. The van der Waals surface area contributed by atoms with Crippen LogP contribution < -0.4 is 5.73 Å². The fourth-order valence-electron chi connectivity index (χ4n) is 2.57. The lowest BCUT2D eigenvalue weighted by Gasteiger charge is -2.35. The molecule has 1 saturated heterocycles. The zero-order valence-electron chi connectivity index (χ0n) is 12.2. The van der Waals surface area contributed by atoms with Crippen LogP contribution in [0.3, 0.4) is 0 Å². The summed E-state index contributed by atoms with van der Waals surface area (Å²) >= 11 is 5.07. The molecule has 6 heteroatoms. The molecule has 0 saturated carbocycles. The van der Waals surface area contributed by atoms with Gasteiger partial charge in [0.1, 0.15) is 0 Å². The fraction of sp³-hybridized carbons (Fsp3) is 0.533. The molecule has 0 spiro atoms. The first-order valence-corrected chi connectivity index (χ1v) is 8.78. The number of hydrogen-bond acceptors (Lipinski definition) is 3. The summed E-state index contributed by atoms with van der Waals surface area (Å²) < 4.78 is 1.07. The quantitative estimate of drug-likeness (QED) is 0.795. The third-order valence-electron chi connectivity index (χ3n) is 3.71. The molecule has 118 valence electrons. The average Bonchev–Trinajstić information content (AvgIpc) is 2.46. The van der Waals surface area contributed by atoms with Gasteiger partial charge in [-0.2, -0.15) is 0 Å². The largest absolute Gasteiger partial charge is 0.338 e. The molecule has 1 heterocycles. The summed E-state index contributed by atoms with van der Waals surface area (Å²) in [5.74, 6) is 0.714. The smallest absolute Gasteiger partial charge is 0.233 e. The number of carbonyl (C=O) groups excluding carboxylic acids is 1. The van der Waals surface area contributed by atoms with E-state index in [9.17, 15) is 4.79 Å². The Bertz CT molecular complexity index is 487. The minimum absolute atomic E-state index is 0. The zero-order chi connectivity index (χ0) is 14.5. The number of benzene rings is 1. The van der Waals surface area contributed by atoms with Crippen LogP contribution in [0.4, 0.5) is 0 Å². The zero-order valence-corrected chi connectivity index (χ0v) is 15.4. The van der Waals surface area contributed by atoms with Crippen LogP contribution in [0.25, 0.3) is 0 Å². The Kier molecular flexibility index (Phi) is 8.09. The first kappa shape index (κ1) is 18.8. The van der Waals surface area contributed by atoms with E-state index in [1.54, 1.807) is 11.8 Å². The predicted molar refractivity (Wildman–Crippen MR) is 95.3 cm³/mol. The van der Waals surface area contributed by atoms with E-state index in [4.69, 9.17) is 5.73 Å². The van der Waals surface area contributed by atoms with Gasteiger partial charge in [-0.25, -0.2) is 0 Å². The Morgan fingerprint density at radius 3 is 2.90 bits per heavy atom. The van der Waals surface area contributed by atoms with Gasteiger partial charge >= 0.3 is 0 Å². The van der Waals surface area contributed by atoms with E-state index in [1.165, 1.54) is 16.9 Å². The van der Waals surface area contributed by atoms with Gasteiger partial charge in [-0.3, -0.25) is 4.79 Å². The normalized spacial score (nSPS) is 18.2. The van der Waals surface area contributed by atoms with Crippen molar-refractivity contribution in [2.24, 2.45) is 5.73 Å². The molecule has 1 amide bonds. The molecular weight excluding hydrogens is 372 g/mol. The number of amides is 1.